The van der Waals surface area contributed by atoms with Crippen molar-refractivity contribution in [2.75, 3.05) is 33.4 Å². The van der Waals surface area contributed by atoms with Crippen molar-refractivity contribution in [2.45, 2.75) is 32.1 Å². The van der Waals surface area contributed by atoms with Crippen LogP contribution in [0.15, 0.2) is 36.5 Å². The number of hydrogen-bond donors (Lipinski definition) is 1. The second-order valence-electron chi connectivity index (χ2n) is 7.25. The molecule has 1 N–H and O–H groups in total. The molecule has 1 aliphatic heterocycles. The van der Waals surface area contributed by atoms with Crippen LogP contribution >= 0.6 is 0 Å². The van der Waals surface area contributed by atoms with Gasteiger partial charge in [-0.1, -0.05) is 18.2 Å². The average molecular weight is 396 g/mol. The maximum Gasteiger partial charge on any atom is 0.254 e. The molecule has 154 valence electrons. The Morgan fingerprint density at radius 3 is 2.62 bits per heavy atom. The molecule has 2 aromatic rings. The first-order valence-corrected chi connectivity index (χ1v) is 10.0. The van der Waals surface area contributed by atoms with Gasteiger partial charge >= 0.3 is 0 Å². The summed E-state index contributed by atoms with van der Waals surface area (Å²) in [5, 5.41) is 2.92. The number of aryl methyl sites for hydroxylation is 1. The van der Waals surface area contributed by atoms with Crippen molar-refractivity contribution >= 4 is 11.8 Å². The van der Waals surface area contributed by atoms with Crippen LogP contribution in [-0.2, 0) is 4.74 Å². The predicted molar refractivity (Wildman–Crippen MR) is 110 cm³/mol. The lowest BCUT2D eigenvalue weighted by Crippen LogP contribution is -2.38. The van der Waals surface area contributed by atoms with Crippen LogP contribution in [0.2, 0.25) is 0 Å². The van der Waals surface area contributed by atoms with Gasteiger partial charge in [0.2, 0.25) is 0 Å². The molecular weight excluding hydrogens is 368 g/mol. The number of ether oxygens (including phenoxy) is 1. The lowest BCUT2D eigenvalue weighted by molar-refractivity contribution is 0.0710. The highest BCUT2D eigenvalue weighted by molar-refractivity contribution is 5.95. The Morgan fingerprint density at radius 1 is 1.21 bits per heavy atom. The average Bonchev–Trinajstić information content (AvgIpc) is 2.77. The molecule has 2 heterocycles. The van der Waals surface area contributed by atoms with Crippen LogP contribution < -0.4 is 5.32 Å². The summed E-state index contributed by atoms with van der Waals surface area (Å²) in [6, 6.07) is 9.34. The minimum Gasteiger partial charge on any atom is -0.385 e. The molecule has 0 bridgehead atoms. The largest absolute Gasteiger partial charge is 0.385 e. The Hall–Kier alpha value is -2.80. The lowest BCUT2D eigenvalue weighted by atomic mass is 9.90. The van der Waals surface area contributed by atoms with Crippen LogP contribution in [0.1, 0.15) is 57.4 Å². The summed E-state index contributed by atoms with van der Waals surface area (Å²) >= 11 is 0. The van der Waals surface area contributed by atoms with Crippen molar-refractivity contribution in [2.24, 2.45) is 0 Å². The van der Waals surface area contributed by atoms with E-state index in [0.717, 1.165) is 25.0 Å². The molecule has 1 saturated heterocycles. The van der Waals surface area contributed by atoms with E-state index in [9.17, 15) is 9.59 Å². The number of methoxy groups -OCH3 is 1. The summed E-state index contributed by atoms with van der Waals surface area (Å²) in [6.07, 6.45) is 3.92. The highest BCUT2D eigenvalue weighted by Crippen LogP contribution is 2.29. The molecule has 0 saturated carbocycles. The first-order valence-electron chi connectivity index (χ1n) is 10.0. The minimum absolute atomic E-state index is 0.0547. The maximum absolute atomic E-state index is 12.7. The van der Waals surface area contributed by atoms with Crippen molar-refractivity contribution in [3.63, 3.8) is 0 Å². The minimum atomic E-state index is -0.154. The fourth-order valence-corrected chi connectivity index (χ4v) is 3.61. The van der Waals surface area contributed by atoms with Crippen molar-refractivity contribution in [1.29, 1.82) is 0 Å². The number of carbonyl (C=O) groups excluding carboxylic acids is 2. The van der Waals surface area contributed by atoms with Gasteiger partial charge in [-0.3, -0.25) is 9.59 Å². The third-order valence-corrected chi connectivity index (χ3v) is 5.18. The van der Waals surface area contributed by atoms with Crippen molar-refractivity contribution in [3.8, 4) is 0 Å². The molecule has 0 radical (unpaired) electrons. The molecule has 1 aromatic heterocycles. The topological polar surface area (TPSA) is 84.4 Å². The van der Waals surface area contributed by atoms with Crippen LogP contribution in [0.25, 0.3) is 0 Å². The monoisotopic (exact) mass is 396 g/mol. The van der Waals surface area contributed by atoms with E-state index in [2.05, 4.69) is 15.3 Å². The lowest BCUT2D eigenvalue weighted by Gasteiger charge is -2.32. The molecular formula is C22H28N4O3. The fraction of sp³-hybridized carbons (Fsp3) is 0.455. The molecule has 1 aliphatic rings. The Morgan fingerprint density at radius 2 is 1.93 bits per heavy atom. The van der Waals surface area contributed by atoms with Gasteiger partial charge in [-0.05, 0) is 38.3 Å². The van der Waals surface area contributed by atoms with Crippen LogP contribution in [0.5, 0.6) is 0 Å². The summed E-state index contributed by atoms with van der Waals surface area (Å²) in [6.45, 7) is 4.28. The zero-order chi connectivity index (χ0) is 20.6. The second-order valence-corrected chi connectivity index (χ2v) is 7.25. The maximum atomic E-state index is 12.7. The van der Waals surface area contributed by atoms with E-state index < -0.39 is 0 Å². The van der Waals surface area contributed by atoms with Crippen LogP contribution in [-0.4, -0.2) is 60.0 Å². The molecule has 3 rings (SSSR count). The van der Waals surface area contributed by atoms with Crippen LogP contribution in [0, 0.1) is 6.92 Å². The third-order valence-electron chi connectivity index (χ3n) is 5.18. The van der Waals surface area contributed by atoms with Crippen molar-refractivity contribution < 1.29 is 14.3 Å². The molecule has 0 spiro atoms. The summed E-state index contributed by atoms with van der Waals surface area (Å²) in [5.41, 5.74) is 2.02. The predicted octanol–water partition coefficient (Wildman–Crippen LogP) is 2.57. The SMILES string of the molecule is COCCCNC(=O)c1cnc(C)nc1C1CCN(C(=O)c2ccccc2)CC1. The van der Waals surface area contributed by atoms with Gasteiger partial charge < -0.3 is 15.0 Å². The molecule has 1 aromatic carbocycles. The number of rotatable bonds is 7. The fourth-order valence-electron chi connectivity index (χ4n) is 3.61. The highest BCUT2D eigenvalue weighted by Gasteiger charge is 2.28. The van der Waals surface area contributed by atoms with Gasteiger partial charge in [0.1, 0.15) is 5.82 Å². The molecule has 7 heteroatoms. The zero-order valence-electron chi connectivity index (χ0n) is 17.1. The summed E-state index contributed by atoms with van der Waals surface area (Å²) in [5.74, 6) is 0.688. The number of likely N-dealkylation sites (tertiary alicyclic amines) is 1. The van der Waals surface area contributed by atoms with Gasteiger partial charge in [0.05, 0.1) is 11.3 Å². The summed E-state index contributed by atoms with van der Waals surface area (Å²) in [4.78, 5) is 36.0. The molecule has 0 atom stereocenters. The first kappa shape index (κ1) is 20.9. The van der Waals surface area contributed by atoms with E-state index in [4.69, 9.17) is 4.74 Å². The standard InChI is InChI=1S/C22H28N4O3/c1-16-24-15-19(21(27)23-11-6-14-29-2)20(25-16)17-9-12-26(13-10-17)22(28)18-7-4-3-5-8-18/h3-5,7-8,15,17H,6,9-14H2,1-2H3,(H,23,27). The number of carbonyl (C=O) groups is 2. The smallest absolute Gasteiger partial charge is 0.254 e. The Balaban J connectivity index is 1.66. The number of aromatic nitrogens is 2. The number of nitrogens with zero attached hydrogens (tertiary/aromatic N) is 3. The molecule has 29 heavy (non-hydrogen) atoms. The molecule has 0 aliphatic carbocycles. The van der Waals surface area contributed by atoms with E-state index in [1.54, 1.807) is 13.3 Å². The Labute approximate surface area is 171 Å². The third kappa shape index (κ3) is 5.38. The van der Waals surface area contributed by atoms with Gasteiger partial charge in [-0.25, -0.2) is 9.97 Å². The van der Waals surface area contributed by atoms with E-state index >= 15 is 0 Å². The van der Waals surface area contributed by atoms with Crippen molar-refractivity contribution in [3.05, 3.63) is 59.2 Å². The number of amides is 2. The zero-order valence-corrected chi connectivity index (χ0v) is 17.1. The normalized spacial score (nSPS) is 14.6. The molecule has 0 unspecified atom stereocenters. The quantitative estimate of drug-likeness (QED) is 0.727. The molecule has 7 nitrogen and oxygen atoms in total. The number of benzene rings is 1. The number of piperidine rings is 1. The van der Waals surface area contributed by atoms with E-state index in [1.807, 2.05) is 42.2 Å². The van der Waals surface area contributed by atoms with Gasteiger partial charge in [-0.2, -0.15) is 0 Å². The summed E-state index contributed by atoms with van der Waals surface area (Å²) < 4.78 is 5.02. The second kappa shape index (κ2) is 10.1. The van der Waals surface area contributed by atoms with Crippen LogP contribution in [0.3, 0.4) is 0 Å². The summed E-state index contributed by atoms with van der Waals surface area (Å²) in [7, 11) is 1.64. The van der Waals surface area contributed by atoms with Gasteiger partial charge in [0.15, 0.2) is 0 Å². The molecule has 1 fully saturated rings. The van der Waals surface area contributed by atoms with Crippen LogP contribution in [0.4, 0.5) is 0 Å². The van der Waals surface area contributed by atoms with Gasteiger partial charge in [0.25, 0.3) is 11.8 Å². The van der Waals surface area contributed by atoms with E-state index in [-0.39, 0.29) is 17.7 Å². The van der Waals surface area contributed by atoms with Gasteiger partial charge in [-0.15, -0.1) is 0 Å². The first-order chi connectivity index (χ1) is 14.1. The van der Waals surface area contributed by atoms with E-state index in [1.165, 1.54) is 0 Å². The number of nitrogens with one attached hydrogen (secondary N) is 1. The number of hydrogen-bond acceptors (Lipinski definition) is 5. The van der Waals surface area contributed by atoms with Gasteiger partial charge in [0, 0.05) is 51.0 Å². The Kier molecular flexibility index (Phi) is 7.30. The molecule has 2 amide bonds. The van der Waals surface area contributed by atoms with E-state index in [0.29, 0.717) is 43.2 Å². The Bertz CT molecular complexity index is 833. The highest BCUT2D eigenvalue weighted by atomic mass is 16.5. The van der Waals surface area contributed by atoms with Crippen molar-refractivity contribution in [1.82, 2.24) is 20.2 Å².